The first kappa shape index (κ1) is 10.1. The van der Waals surface area contributed by atoms with Crippen LogP contribution in [-0.2, 0) is 6.42 Å². The van der Waals surface area contributed by atoms with Crippen molar-refractivity contribution in [2.75, 3.05) is 4.90 Å². The van der Waals surface area contributed by atoms with Gasteiger partial charge in [0, 0.05) is 0 Å². The van der Waals surface area contributed by atoms with Gasteiger partial charge in [-0.25, -0.2) is 0 Å². The third-order valence-corrected chi connectivity index (χ3v) is 2.13. The minimum atomic E-state index is 0.722. The highest BCUT2D eigenvalue weighted by atomic mass is 15.1. The van der Waals surface area contributed by atoms with Gasteiger partial charge in [-0.2, -0.15) is 15.4 Å². The molecule has 0 atom stereocenters. The number of aryl methyl sites for hydroxylation is 2. The molecule has 0 aromatic heterocycles. The Labute approximate surface area is 83.8 Å². The van der Waals surface area contributed by atoms with Crippen LogP contribution in [0.25, 0.3) is 0 Å². The van der Waals surface area contributed by atoms with Crippen LogP contribution in [0.2, 0.25) is 0 Å². The summed E-state index contributed by atoms with van der Waals surface area (Å²) < 4.78 is 0. The lowest BCUT2D eigenvalue weighted by Crippen LogP contribution is -2.11. The van der Waals surface area contributed by atoms with Crippen LogP contribution in [0, 0.1) is 29.8 Å². The van der Waals surface area contributed by atoms with Crippen LogP contribution in [0.4, 0.5) is 5.69 Å². The lowest BCUT2D eigenvalue weighted by Gasteiger charge is -2.13. The number of nitrogens with zero attached hydrogens (tertiary/aromatic N) is 3. The molecule has 3 heteroatoms. The van der Waals surface area contributed by atoms with Gasteiger partial charge in [0.05, 0.1) is 5.69 Å². The van der Waals surface area contributed by atoms with Gasteiger partial charge in [0.2, 0.25) is 0 Å². The lowest BCUT2D eigenvalue weighted by molar-refractivity contribution is 1.10. The number of para-hydroxylation sites is 1. The van der Waals surface area contributed by atoms with E-state index in [4.69, 9.17) is 10.5 Å². The van der Waals surface area contributed by atoms with Crippen molar-refractivity contribution in [1.29, 1.82) is 10.5 Å². The van der Waals surface area contributed by atoms with E-state index >= 15 is 0 Å². The molecule has 0 aliphatic carbocycles. The highest BCUT2D eigenvalue weighted by Gasteiger charge is 2.11. The molecule has 0 radical (unpaired) electrons. The van der Waals surface area contributed by atoms with E-state index in [0.717, 1.165) is 28.1 Å². The summed E-state index contributed by atoms with van der Waals surface area (Å²) >= 11 is 0. The molecule has 0 bridgehead atoms. The summed E-state index contributed by atoms with van der Waals surface area (Å²) in [6.07, 6.45) is 4.53. The molecule has 0 amide bonds. The Hall–Kier alpha value is -2.00. The molecule has 0 unspecified atom stereocenters. The van der Waals surface area contributed by atoms with Crippen LogP contribution in [0.5, 0.6) is 0 Å². The Morgan fingerprint density at radius 3 is 2.43 bits per heavy atom. The average Bonchev–Trinajstić information content (AvgIpc) is 2.22. The minimum absolute atomic E-state index is 0.722. The Morgan fingerprint density at radius 2 is 1.93 bits per heavy atom. The predicted molar refractivity (Wildman–Crippen MR) is 54.3 cm³/mol. The van der Waals surface area contributed by atoms with Crippen molar-refractivity contribution in [2.24, 2.45) is 0 Å². The van der Waals surface area contributed by atoms with E-state index in [0.29, 0.717) is 0 Å². The van der Waals surface area contributed by atoms with Crippen LogP contribution < -0.4 is 4.90 Å². The van der Waals surface area contributed by atoms with Crippen molar-refractivity contribution in [1.82, 2.24) is 0 Å². The van der Waals surface area contributed by atoms with Gasteiger partial charge in [0.1, 0.15) is 0 Å². The second-order valence-corrected chi connectivity index (χ2v) is 2.97. The van der Waals surface area contributed by atoms with Gasteiger partial charge in [0.15, 0.2) is 12.4 Å². The largest absolute Gasteiger partial charge is 0.198 e. The summed E-state index contributed by atoms with van der Waals surface area (Å²) in [4.78, 5) is 1.05. The Kier molecular flexibility index (Phi) is 3.09. The molecule has 1 aromatic rings. The zero-order valence-corrected chi connectivity index (χ0v) is 8.28. The Balaban J connectivity index is 3.32. The maximum atomic E-state index is 8.78. The average molecular weight is 185 g/mol. The first-order valence-electron chi connectivity index (χ1n) is 4.42. The summed E-state index contributed by atoms with van der Waals surface area (Å²) in [6.45, 7) is 3.90. The molecule has 0 aliphatic heterocycles. The monoisotopic (exact) mass is 185 g/mol. The summed E-state index contributed by atoms with van der Waals surface area (Å²) in [6, 6.07) is 5.77. The fraction of sp³-hybridized carbons (Fsp3) is 0.273. The van der Waals surface area contributed by atoms with Crippen molar-refractivity contribution in [3.05, 3.63) is 29.3 Å². The van der Waals surface area contributed by atoms with E-state index in [1.165, 1.54) is 0 Å². The second kappa shape index (κ2) is 4.30. The van der Waals surface area contributed by atoms with Crippen LogP contribution in [0.3, 0.4) is 0 Å². The van der Waals surface area contributed by atoms with Crippen LogP contribution in [0.1, 0.15) is 18.1 Å². The van der Waals surface area contributed by atoms with Crippen molar-refractivity contribution in [2.45, 2.75) is 20.3 Å². The predicted octanol–water partition coefficient (Wildman–Crippen LogP) is 2.33. The fourth-order valence-electron chi connectivity index (χ4n) is 1.45. The molecule has 0 spiro atoms. The van der Waals surface area contributed by atoms with E-state index in [9.17, 15) is 0 Å². The normalized spacial score (nSPS) is 8.86. The van der Waals surface area contributed by atoms with Crippen molar-refractivity contribution in [3.63, 3.8) is 0 Å². The summed E-state index contributed by atoms with van der Waals surface area (Å²) in [7, 11) is 0. The number of rotatable bonds is 2. The zero-order chi connectivity index (χ0) is 10.6. The summed E-state index contributed by atoms with van der Waals surface area (Å²) in [5.74, 6) is 0. The number of nitriles is 2. The molecule has 14 heavy (non-hydrogen) atoms. The molecule has 0 aliphatic rings. The first-order valence-corrected chi connectivity index (χ1v) is 4.42. The fourth-order valence-corrected chi connectivity index (χ4v) is 1.45. The summed E-state index contributed by atoms with van der Waals surface area (Å²) in [5, 5.41) is 17.6. The molecule has 0 saturated carbocycles. The zero-order valence-electron chi connectivity index (χ0n) is 8.28. The Bertz CT molecular complexity index is 396. The number of hydrogen-bond donors (Lipinski definition) is 0. The van der Waals surface area contributed by atoms with E-state index in [1.54, 1.807) is 0 Å². The quantitative estimate of drug-likeness (QED) is 0.524. The van der Waals surface area contributed by atoms with Gasteiger partial charge >= 0.3 is 0 Å². The van der Waals surface area contributed by atoms with Crippen molar-refractivity contribution >= 4 is 5.69 Å². The molecule has 1 aromatic carbocycles. The lowest BCUT2D eigenvalue weighted by atomic mass is 10.1. The van der Waals surface area contributed by atoms with Gasteiger partial charge in [-0.1, -0.05) is 25.1 Å². The minimum Gasteiger partial charge on any atom is -0.182 e. The van der Waals surface area contributed by atoms with E-state index in [-0.39, 0.29) is 0 Å². The van der Waals surface area contributed by atoms with Gasteiger partial charge < -0.3 is 0 Å². The summed E-state index contributed by atoms with van der Waals surface area (Å²) in [5.41, 5.74) is 2.69. The van der Waals surface area contributed by atoms with Crippen LogP contribution >= 0.6 is 0 Å². The molecular formula is C11H11N3. The van der Waals surface area contributed by atoms with Gasteiger partial charge in [-0.15, -0.1) is 0 Å². The second-order valence-electron chi connectivity index (χ2n) is 2.97. The highest BCUT2D eigenvalue weighted by molar-refractivity contribution is 5.64. The molecule has 0 N–H and O–H groups in total. The van der Waals surface area contributed by atoms with Gasteiger partial charge in [-0.3, -0.25) is 0 Å². The number of anilines is 1. The van der Waals surface area contributed by atoms with E-state index < -0.39 is 0 Å². The third-order valence-electron chi connectivity index (χ3n) is 2.13. The Morgan fingerprint density at radius 1 is 1.29 bits per heavy atom. The molecule has 0 heterocycles. The molecule has 3 nitrogen and oxygen atoms in total. The number of benzene rings is 1. The van der Waals surface area contributed by atoms with Crippen LogP contribution in [-0.4, -0.2) is 0 Å². The van der Waals surface area contributed by atoms with Gasteiger partial charge in [0.25, 0.3) is 0 Å². The maximum absolute atomic E-state index is 8.78. The standard InChI is InChI=1S/C11H11N3/c1-3-10-6-4-5-9(2)11(10)14(7-12)8-13/h4-6H,3H2,1-2H3. The SMILES string of the molecule is CCc1cccc(C)c1N(C#N)C#N. The van der Waals surface area contributed by atoms with E-state index in [2.05, 4.69) is 0 Å². The maximum Gasteiger partial charge on any atom is 0.198 e. The molecule has 0 saturated heterocycles. The van der Waals surface area contributed by atoms with Crippen LogP contribution in [0.15, 0.2) is 18.2 Å². The smallest absolute Gasteiger partial charge is 0.182 e. The molecule has 0 fully saturated rings. The number of hydrogen-bond acceptors (Lipinski definition) is 3. The molecular weight excluding hydrogens is 174 g/mol. The molecule has 70 valence electrons. The third kappa shape index (κ3) is 1.67. The van der Waals surface area contributed by atoms with E-state index in [1.807, 2.05) is 44.4 Å². The first-order chi connectivity index (χ1) is 6.74. The van der Waals surface area contributed by atoms with Crippen molar-refractivity contribution < 1.29 is 0 Å². The van der Waals surface area contributed by atoms with Gasteiger partial charge in [-0.05, 0) is 24.5 Å². The van der Waals surface area contributed by atoms with Crippen molar-refractivity contribution in [3.8, 4) is 12.4 Å². The topological polar surface area (TPSA) is 50.8 Å². The highest BCUT2D eigenvalue weighted by Crippen LogP contribution is 2.24. The molecule has 1 rings (SSSR count).